The average molecular weight is 252 g/mol. The Morgan fingerprint density at radius 2 is 1.84 bits per heavy atom. The maximum absolute atomic E-state index is 5.40. The van der Waals surface area contributed by atoms with E-state index in [0.29, 0.717) is 0 Å². The lowest BCUT2D eigenvalue weighted by atomic mass is 9.77. The Balaban J connectivity index is 1.83. The van der Waals surface area contributed by atoms with Gasteiger partial charge in [0.1, 0.15) is 0 Å². The monoisotopic (exact) mass is 252 g/mol. The largest absolute Gasteiger partial charge is 0.115 e. The first-order chi connectivity index (χ1) is 9.33. The molecule has 0 bridgehead atoms. The molecule has 0 radical (unpaired) electrons. The minimum Gasteiger partial charge on any atom is -0.115 e. The lowest BCUT2D eigenvalue weighted by Crippen LogP contribution is -2.13. The molecule has 0 heterocycles. The summed E-state index contributed by atoms with van der Waals surface area (Å²) in [6.45, 7) is 2.11. The van der Waals surface area contributed by atoms with Gasteiger partial charge in [-0.3, -0.25) is 0 Å². The molecule has 0 aliphatic heterocycles. The van der Waals surface area contributed by atoms with Crippen molar-refractivity contribution in [3.05, 3.63) is 47.5 Å². The molecule has 2 rings (SSSR count). The van der Waals surface area contributed by atoms with Gasteiger partial charge in [0.05, 0.1) is 0 Å². The van der Waals surface area contributed by atoms with Crippen molar-refractivity contribution >= 4 is 0 Å². The molecule has 19 heavy (non-hydrogen) atoms. The highest BCUT2D eigenvalue weighted by Gasteiger charge is 2.21. The SMILES string of the molecule is C#Cc1ccc([C@H]2CC[C@H](CC/C=C/C)CC2)cc1. The van der Waals surface area contributed by atoms with Gasteiger partial charge >= 0.3 is 0 Å². The number of rotatable bonds is 4. The van der Waals surface area contributed by atoms with Crippen molar-refractivity contribution < 1.29 is 0 Å². The molecule has 1 fully saturated rings. The standard InChI is InChI=1S/C19H24/c1-3-5-6-7-17-10-14-19(15-11-17)18-12-8-16(4-2)9-13-18/h2-3,5,8-9,12-13,17,19H,6-7,10-11,14-15H2,1H3/b5-3+/t17-,19-. The van der Waals surface area contributed by atoms with Crippen molar-refractivity contribution in [2.45, 2.75) is 51.4 Å². The number of terminal acetylenes is 1. The first-order valence-electron chi connectivity index (χ1n) is 7.51. The molecule has 0 heteroatoms. The Kier molecular flexibility index (Phi) is 5.28. The second kappa shape index (κ2) is 7.19. The van der Waals surface area contributed by atoms with Gasteiger partial charge in [-0.2, -0.15) is 0 Å². The predicted molar refractivity (Wildman–Crippen MR) is 83.1 cm³/mol. The molecule has 0 spiro atoms. The van der Waals surface area contributed by atoms with Gasteiger partial charge in [-0.1, -0.05) is 30.2 Å². The van der Waals surface area contributed by atoms with Gasteiger partial charge in [0.25, 0.3) is 0 Å². The average Bonchev–Trinajstić information content (AvgIpc) is 2.48. The summed E-state index contributed by atoms with van der Waals surface area (Å²) >= 11 is 0. The van der Waals surface area contributed by atoms with Crippen molar-refractivity contribution in [1.82, 2.24) is 0 Å². The van der Waals surface area contributed by atoms with Crippen LogP contribution in [-0.2, 0) is 0 Å². The quantitative estimate of drug-likeness (QED) is 0.504. The second-order valence-electron chi connectivity index (χ2n) is 5.63. The van der Waals surface area contributed by atoms with Gasteiger partial charge in [-0.05, 0) is 75.0 Å². The molecule has 0 amide bonds. The fraction of sp³-hybridized carbons (Fsp3) is 0.474. The summed E-state index contributed by atoms with van der Waals surface area (Å²) in [6.07, 6.45) is 17.9. The van der Waals surface area contributed by atoms with Crippen LogP contribution >= 0.6 is 0 Å². The third kappa shape index (κ3) is 4.00. The highest BCUT2D eigenvalue weighted by atomic mass is 14.3. The molecule has 0 N–H and O–H groups in total. The normalized spacial score (nSPS) is 23.4. The summed E-state index contributed by atoms with van der Waals surface area (Å²) in [4.78, 5) is 0. The molecule has 1 saturated carbocycles. The Hall–Kier alpha value is -1.48. The summed E-state index contributed by atoms with van der Waals surface area (Å²) in [5.41, 5.74) is 2.47. The molecule has 0 unspecified atom stereocenters. The van der Waals surface area contributed by atoms with Crippen LogP contribution in [0.3, 0.4) is 0 Å². The first-order valence-corrected chi connectivity index (χ1v) is 7.51. The molecular formula is C19H24. The lowest BCUT2D eigenvalue weighted by molar-refractivity contribution is 0.312. The summed E-state index contributed by atoms with van der Waals surface area (Å²) in [6, 6.07) is 8.60. The van der Waals surface area contributed by atoms with Gasteiger partial charge in [-0.15, -0.1) is 6.42 Å². The molecule has 0 saturated heterocycles. The molecule has 1 aromatic carbocycles. The minimum atomic E-state index is 0.754. The van der Waals surface area contributed by atoms with Crippen molar-refractivity contribution in [2.24, 2.45) is 5.92 Å². The van der Waals surface area contributed by atoms with Gasteiger partial charge in [-0.25, -0.2) is 0 Å². The number of hydrogen-bond donors (Lipinski definition) is 0. The molecule has 1 aliphatic carbocycles. The van der Waals surface area contributed by atoms with Crippen LogP contribution in [0.2, 0.25) is 0 Å². The fourth-order valence-corrected chi connectivity index (χ4v) is 3.13. The predicted octanol–water partition coefficient (Wildman–Crippen LogP) is 5.30. The molecule has 1 aromatic rings. The van der Waals surface area contributed by atoms with Gasteiger partial charge in [0.2, 0.25) is 0 Å². The summed E-state index contributed by atoms with van der Waals surface area (Å²) < 4.78 is 0. The van der Waals surface area contributed by atoms with E-state index >= 15 is 0 Å². The Bertz CT molecular complexity index is 436. The van der Waals surface area contributed by atoms with E-state index in [1.54, 1.807) is 0 Å². The third-order valence-corrected chi connectivity index (χ3v) is 4.37. The van der Waals surface area contributed by atoms with Crippen molar-refractivity contribution in [3.8, 4) is 12.3 Å². The summed E-state index contributed by atoms with van der Waals surface area (Å²) in [5, 5.41) is 0. The fourth-order valence-electron chi connectivity index (χ4n) is 3.13. The van der Waals surface area contributed by atoms with Crippen molar-refractivity contribution in [1.29, 1.82) is 0 Å². The van der Waals surface area contributed by atoms with Crippen LogP contribution in [0, 0.1) is 18.3 Å². The van der Waals surface area contributed by atoms with Gasteiger partial charge < -0.3 is 0 Å². The maximum atomic E-state index is 5.40. The van der Waals surface area contributed by atoms with E-state index in [2.05, 4.69) is 49.3 Å². The van der Waals surface area contributed by atoms with E-state index in [9.17, 15) is 0 Å². The second-order valence-corrected chi connectivity index (χ2v) is 5.63. The van der Waals surface area contributed by atoms with Crippen LogP contribution in [-0.4, -0.2) is 0 Å². The Morgan fingerprint density at radius 1 is 1.16 bits per heavy atom. The van der Waals surface area contributed by atoms with Crippen LogP contribution in [0.4, 0.5) is 0 Å². The topological polar surface area (TPSA) is 0 Å². The smallest absolute Gasteiger partial charge is 0.0242 e. The van der Waals surface area contributed by atoms with Crippen LogP contribution < -0.4 is 0 Å². The van der Waals surface area contributed by atoms with Crippen molar-refractivity contribution in [3.63, 3.8) is 0 Å². The summed E-state index contributed by atoms with van der Waals surface area (Å²) in [7, 11) is 0. The zero-order chi connectivity index (χ0) is 13.5. The van der Waals surface area contributed by atoms with E-state index < -0.39 is 0 Å². The number of allylic oxidation sites excluding steroid dienone is 2. The lowest BCUT2D eigenvalue weighted by Gasteiger charge is -2.28. The molecule has 100 valence electrons. The summed E-state index contributed by atoms with van der Waals surface area (Å²) in [5.74, 6) is 4.38. The third-order valence-electron chi connectivity index (χ3n) is 4.37. The van der Waals surface area contributed by atoms with E-state index in [-0.39, 0.29) is 0 Å². The molecular weight excluding hydrogens is 228 g/mol. The van der Waals surface area contributed by atoms with Gasteiger partial charge in [0.15, 0.2) is 0 Å². The van der Waals surface area contributed by atoms with E-state index in [1.807, 2.05) is 0 Å². The van der Waals surface area contributed by atoms with Crippen LogP contribution in [0.15, 0.2) is 36.4 Å². The maximum Gasteiger partial charge on any atom is 0.0242 e. The van der Waals surface area contributed by atoms with Crippen LogP contribution in [0.5, 0.6) is 0 Å². The van der Waals surface area contributed by atoms with Crippen LogP contribution in [0.1, 0.15) is 62.5 Å². The van der Waals surface area contributed by atoms with Crippen LogP contribution in [0.25, 0.3) is 0 Å². The van der Waals surface area contributed by atoms with Crippen molar-refractivity contribution in [2.75, 3.05) is 0 Å². The molecule has 0 atom stereocenters. The zero-order valence-electron chi connectivity index (χ0n) is 11.9. The number of hydrogen-bond acceptors (Lipinski definition) is 0. The zero-order valence-corrected chi connectivity index (χ0v) is 11.9. The van der Waals surface area contributed by atoms with Gasteiger partial charge in [0, 0.05) is 5.56 Å². The highest BCUT2D eigenvalue weighted by molar-refractivity contribution is 5.35. The minimum absolute atomic E-state index is 0.754. The van der Waals surface area contributed by atoms with E-state index in [0.717, 1.165) is 17.4 Å². The molecule has 0 aromatic heterocycles. The Morgan fingerprint density at radius 3 is 2.42 bits per heavy atom. The molecule has 0 nitrogen and oxygen atoms in total. The Labute approximate surface area is 117 Å². The molecule has 1 aliphatic rings. The van der Waals surface area contributed by atoms with E-state index in [1.165, 1.54) is 44.1 Å². The van der Waals surface area contributed by atoms with E-state index in [4.69, 9.17) is 6.42 Å². The first kappa shape index (κ1) is 13.9. The number of benzene rings is 1. The highest BCUT2D eigenvalue weighted by Crippen LogP contribution is 2.37.